The van der Waals surface area contributed by atoms with Crippen LogP contribution >= 0.6 is 0 Å². The number of anilines is 1. The standard InChI is InChI=1S/C20H31N3O4/c1-15(2)20(25)27-14-19(24)21-13-18(23-9-11-26-12-10-23)16-5-7-17(8-6-16)22(3)4/h5-8,15,18H,9-14H2,1-4H3,(H,21,24)/p+1/t18-/m1/s1. The minimum Gasteiger partial charge on any atom is -0.455 e. The van der Waals surface area contributed by atoms with Gasteiger partial charge in [-0.3, -0.25) is 9.59 Å². The fraction of sp³-hybridized carbons (Fsp3) is 0.600. The molecule has 0 radical (unpaired) electrons. The molecule has 1 amide bonds. The van der Waals surface area contributed by atoms with Crippen molar-refractivity contribution < 1.29 is 24.0 Å². The maximum Gasteiger partial charge on any atom is 0.308 e. The number of nitrogens with zero attached hydrogens (tertiary/aromatic N) is 1. The highest BCUT2D eigenvalue weighted by Gasteiger charge is 2.27. The Labute approximate surface area is 161 Å². The summed E-state index contributed by atoms with van der Waals surface area (Å²) in [7, 11) is 4.02. The van der Waals surface area contributed by atoms with Gasteiger partial charge in [0.05, 0.1) is 25.7 Å². The second-order valence-electron chi connectivity index (χ2n) is 7.38. The van der Waals surface area contributed by atoms with Crippen molar-refractivity contribution in [3.05, 3.63) is 29.8 Å². The molecule has 1 atom stereocenters. The number of morpholine rings is 1. The van der Waals surface area contributed by atoms with Gasteiger partial charge in [0.15, 0.2) is 6.61 Å². The molecule has 7 heteroatoms. The van der Waals surface area contributed by atoms with E-state index in [1.54, 1.807) is 13.8 Å². The van der Waals surface area contributed by atoms with E-state index in [2.05, 4.69) is 34.5 Å². The maximum absolute atomic E-state index is 12.1. The van der Waals surface area contributed by atoms with Crippen molar-refractivity contribution >= 4 is 17.6 Å². The summed E-state index contributed by atoms with van der Waals surface area (Å²) in [6.45, 7) is 7.00. The zero-order valence-electron chi connectivity index (χ0n) is 16.8. The molecule has 1 fully saturated rings. The Morgan fingerprint density at radius 2 is 1.81 bits per heavy atom. The van der Waals surface area contributed by atoms with Crippen LogP contribution < -0.4 is 15.1 Å². The van der Waals surface area contributed by atoms with Crippen molar-refractivity contribution in [2.75, 3.05) is 58.5 Å². The van der Waals surface area contributed by atoms with Gasteiger partial charge in [0.25, 0.3) is 5.91 Å². The Kier molecular flexibility index (Phi) is 8.06. The molecule has 7 nitrogen and oxygen atoms in total. The fourth-order valence-electron chi connectivity index (χ4n) is 3.05. The van der Waals surface area contributed by atoms with Crippen LogP contribution in [0.3, 0.4) is 0 Å². The van der Waals surface area contributed by atoms with Crippen LogP contribution in [0.5, 0.6) is 0 Å². The van der Waals surface area contributed by atoms with Crippen molar-refractivity contribution in [3.63, 3.8) is 0 Å². The topological polar surface area (TPSA) is 72.3 Å². The summed E-state index contributed by atoms with van der Waals surface area (Å²) < 4.78 is 10.5. The molecule has 0 bridgehead atoms. The number of amides is 1. The first-order chi connectivity index (χ1) is 12.9. The van der Waals surface area contributed by atoms with Crippen LogP contribution in [0.4, 0.5) is 5.69 Å². The van der Waals surface area contributed by atoms with Crippen LogP contribution in [-0.2, 0) is 19.1 Å². The van der Waals surface area contributed by atoms with Gasteiger partial charge in [-0.15, -0.1) is 0 Å². The van der Waals surface area contributed by atoms with Crippen LogP contribution in [0, 0.1) is 5.92 Å². The number of esters is 1. The molecule has 1 aromatic carbocycles. The fourth-order valence-corrected chi connectivity index (χ4v) is 3.05. The smallest absolute Gasteiger partial charge is 0.308 e. The minimum absolute atomic E-state index is 0.134. The molecule has 1 aliphatic heterocycles. The van der Waals surface area contributed by atoms with Gasteiger partial charge in [-0.25, -0.2) is 0 Å². The summed E-state index contributed by atoms with van der Waals surface area (Å²) in [5.74, 6) is -0.870. The van der Waals surface area contributed by atoms with Crippen LogP contribution in [0.25, 0.3) is 0 Å². The van der Waals surface area contributed by atoms with Crippen molar-refractivity contribution in [2.24, 2.45) is 5.92 Å². The van der Waals surface area contributed by atoms with E-state index in [0.29, 0.717) is 6.54 Å². The summed E-state index contributed by atoms with van der Waals surface area (Å²) in [5.41, 5.74) is 2.32. The monoisotopic (exact) mass is 378 g/mol. The van der Waals surface area contributed by atoms with Crippen molar-refractivity contribution in [1.29, 1.82) is 0 Å². The average Bonchev–Trinajstić information content (AvgIpc) is 2.67. The molecule has 0 saturated carbocycles. The summed E-state index contributed by atoms with van der Waals surface area (Å²) in [6, 6.07) is 8.55. The predicted molar refractivity (Wildman–Crippen MR) is 104 cm³/mol. The number of hydrogen-bond acceptors (Lipinski definition) is 5. The Hall–Kier alpha value is -2.12. The number of nitrogens with one attached hydrogen (secondary N) is 2. The largest absolute Gasteiger partial charge is 0.455 e. The summed E-state index contributed by atoms with van der Waals surface area (Å²) in [6.07, 6.45) is 0. The van der Waals surface area contributed by atoms with Crippen LogP contribution in [0.1, 0.15) is 25.5 Å². The lowest BCUT2D eigenvalue weighted by molar-refractivity contribution is -0.937. The zero-order chi connectivity index (χ0) is 19.8. The number of rotatable bonds is 8. The van der Waals surface area contributed by atoms with Gasteiger partial charge in [0, 0.05) is 25.3 Å². The zero-order valence-corrected chi connectivity index (χ0v) is 16.8. The molecule has 1 aromatic rings. The minimum atomic E-state index is -0.361. The van der Waals surface area contributed by atoms with E-state index in [0.717, 1.165) is 32.0 Å². The van der Waals surface area contributed by atoms with E-state index < -0.39 is 0 Å². The molecular formula is C20H32N3O4+. The SMILES string of the molecule is CC(C)C(=O)OCC(=O)NC[C@H](c1ccc(N(C)C)cc1)[NH+]1CCOCC1. The molecule has 27 heavy (non-hydrogen) atoms. The van der Waals surface area contributed by atoms with Crippen LogP contribution in [0.2, 0.25) is 0 Å². The van der Waals surface area contributed by atoms with Crippen LogP contribution in [-0.4, -0.2) is 65.4 Å². The molecular weight excluding hydrogens is 346 g/mol. The van der Waals surface area contributed by atoms with Gasteiger partial charge >= 0.3 is 5.97 Å². The van der Waals surface area contributed by atoms with E-state index in [1.807, 2.05) is 14.1 Å². The van der Waals surface area contributed by atoms with Gasteiger partial charge in [-0.2, -0.15) is 0 Å². The lowest BCUT2D eigenvalue weighted by Gasteiger charge is -2.32. The van der Waals surface area contributed by atoms with Crippen LogP contribution in [0.15, 0.2) is 24.3 Å². The number of ether oxygens (including phenoxy) is 2. The number of benzene rings is 1. The van der Waals surface area contributed by atoms with Gasteiger partial charge in [0.1, 0.15) is 19.1 Å². The quantitative estimate of drug-likeness (QED) is 0.625. The van der Waals surface area contributed by atoms with E-state index in [9.17, 15) is 9.59 Å². The second kappa shape index (κ2) is 10.3. The number of carbonyl (C=O) groups excluding carboxylic acids is 2. The average molecular weight is 378 g/mol. The Morgan fingerprint density at radius 3 is 2.37 bits per heavy atom. The summed E-state index contributed by atoms with van der Waals surface area (Å²) in [4.78, 5) is 27.1. The normalized spacial score (nSPS) is 16.0. The first-order valence-corrected chi connectivity index (χ1v) is 9.51. The number of carbonyl (C=O) groups is 2. The Bertz CT molecular complexity index is 610. The molecule has 1 saturated heterocycles. The molecule has 0 aromatic heterocycles. The molecule has 0 unspecified atom stereocenters. The Morgan fingerprint density at radius 1 is 1.19 bits per heavy atom. The highest BCUT2D eigenvalue weighted by atomic mass is 16.5. The summed E-state index contributed by atoms with van der Waals surface area (Å²) in [5, 5.41) is 2.92. The van der Waals surface area contributed by atoms with Crippen molar-refractivity contribution in [2.45, 2.75) is 19.9 Å². The van der Waals surface area contributed by atoms with E-state index in [-0.39, 0.29) is 30.4 Å². The first-order valence-electron chi connectivity index (χ1n) is 9.51. The molecule has 2 rings (SSSR count). The lowest BCUT2D eigenvalue weighted by atomic mass is 10.0. The maximum atomic E-state index is 12.1. The Balaban J connectivity index is 2.00. The third-order valence-corrected chi connectivity index (χ3v) is 4.76. The number of hydrogen-bond donors (Lipinski definition) is 2. The molecule has 0 spiro atoms. The van der Waals surface area contributed by atoms with E-state index in [1.165, 1.54) is 10.5 Å². The van der Waals surface area contributed by atoms with E-state index >= 15 is 0 Å². The van der Waals surface area contributed by atoms with Gasteiger partial charge in [0.2, 0.25) is 0 Å². The molecule has 2 N–H and O–H groups in total. The third kappa shape index (κ3) is 6.52. The first kappa shape index (κ1) is 21.2. The van der Waals surface area contributed by atoms with E-state index in [4.69, 9.17) is 9.47 Å². The second-order valence-corrected chi connectivity index (χ2v) is 7.38. The predicted octanol–water partition coefficient (Wildman–Crippen LogP) is 0.0242. The molecule has 1 heterocycles. The van der Waals surface area contributed by atoms with Crippen molar-refractivity contribution in [3.8, 4) is 0 Å². The van der Waals surface area contributed by atoms with Crippen molar-refractivity contribution in [1.82, 2.24) is 5.32 Å². The third-order valence-electron chi connectivity index (χ3n) is 4.76. The lowest BCUT2D eigenvalue weighted by Crippen LogP contribution is -3.15. The highest BCUT2D eigenvalue weighted by Crippen LogP contribution is 2.16. The molecule has 150 valence electrons. The van der Waals surface area contributed by atoms with Gasteiger partial charge < -0.3 is 24.6 Å². The highest BCUT2D eigenvalue weighted by molar-refractivity contribution is 5.81. The molecule has 0 aliphatic carbocycles. The number of quaternary nitrogens is 1. The van der Waals surface area contributed by atoms with Gasteiger partial charge in [-0.05, 0) is 12.1 Å². The summed E-state index contributed by atoms with van der Waals surface area (Å²) >= 11 is 0. The van der Waals surface area contributed by atoms with Gasteiger partial charge in [-0.1, -0.05) is 26.0 Å². The molecule has 1 aliphatic rings.